The smallest absolute Gasteiger partial charge is 0.251 e. The van der Waals surface area contributed by atoms with E-state index in [9.17, 15) is 14.3 Å². The molecular formula is C15H13ClFNO2. The maximum absolute atomic E-state index is 13.0. The van der Waals surface area contributed by atoms with Gasteiger partial charge in [-0.15, -0.1) is 0 Å². The van der Waals surface area contributed by atoms with Gasteiger partial charge in [-0.05, 0) is 23.8 Å². The molecule has 2 N–H and O–H groups in total. The maximum Gasteiger partial charge on any atom is 0.251 e. The number of halogens is 2. The van der Waals surface area contributed by atoms with E-state index < -0.39 is 17.8 Å². The lowest BCUT2D eigenvalue weighted by atomic mass is 10.1. The van der Waals surface area contributed by atoms with Crippen LogP contribution in [0.15, 0.2) is 48.5 Å². The van der Waals surface area contributed by atoms with Gasteiger partial charge in [-0.2, -0.15) is 0 Å². The number of carbonyl (C=O) groups is 1. The highest BCUT2D eigenvalue weighted by Crippen LogP contribution is 2.16. The van der Waals surface area contributed by atoms with Crippen molar-refractivity contribution in [3.8, 4) is 0 Å². The summed E-state index contributed by atoms with van der Waals surface area (Å²) in [6, 6.07) is 12.7. The molecular weight excluding hydrogens is 281 g/mol. The second-order valence-corrected chi connectivity index (χ2v) is 4.67. The van der Waals surface area contributed by atoms with Gasteiger partial charge in [0.1, 0.15) is 5.82 Å². The number of benzene rings is 2. The number of nitrogens with one attached hydrogen (secondary N) is 1. The van der Waals surface area contributed by atoms with Gasteiger partial charge in [-0.3, -0.25) is 4.79 Å². The van der Waals surface area contributed by atoms with Crippen molar-refractivity contribution < 1.29 is 14.3 Å². The molecule has 0 saturated carbocycles. The third-order valence-corrected chi connectivity index (χ3v) is 3.11. The molecule has 1 unspecified atom stereocenters. The van der Waals surface area contributed by atoms with Crippen LogP contribution in [0.4, 0.5) is 4.39 Å². The van der Waals surface area contributed by atoms with Crippen molar-refractivity contribution in [2.75, 3.05) is 6.54 Å². The summed E-state index contributed by atoms with van der Waals surface area (Å²) < 4.78 is 13.0. The molecule has 0 saturated heterocycles. The Bertz CT molecular complexity index is 604. The summed E-state index contributed by atoms with van der Waals surface area (Å²) in [7, 11) is 0. The Labute approximate surface area is 121 Å². The largest absolute Gasteiger partial charge is 0.387 e. The van der Waals surface area contributed by atoms with Gasteiger partial charge >= 0.3 is 0 Å². The van der Waals surface area contributed by atoms with Crippen molar-refractivity contribution in [3.63, 3.8) is 0 Å². The molecule has 2 rings (SSSR count). The summed E-state index contributed by atoms with van der Waals surface area (Å²) in [5.74, 6) is -0.991. The topological polar surface area (TPSA) is 49.3 Å². The molecule has 0 aromatic heterocycles. The molecule has 0 aliphatic heterocycles. The number of aliphatic hydroxyl groups excluding tert-OH is 1. The highest BCUT2D eigenvalue weighted by molar-refractivity contribution is 6.31. The lowest BCUT2D eigenvalue weighted by Crippen LogP contribution is -2.28. The van der Waals surface area contributed by atoms with Gasteiger partial charge in [0.15, 0.2) is 0 Å². The first kappa shape index (κ1) is 14.5. The number of amides is 1. The Morgan fingerprint density at radius 2 is 1.95 bits per heavy atom. The maximum atomic E-state index is 13.0. The summed E-state index contributed by atoms with van der Waals surface area (Å²) in [6.07, 6.45) is -0.795. The molecule has 0 radical (unpaired) electrons. The number of hydrogen-bond donors (Lipinski definition) is 2. The molecule has 1 amide bonds. The average molecular weight is 294 g/mol. The monoisotopic (exact) mass is 293 g/mol. The van der Waals surface area contributed by atoms with Crippen LogP contribution in [-0.4, -0.2) is 17.6 Å². The van der Waals surface area contributed by atoms with Crippen LogP contribution in [0, 0.1) is 5.82 Å². The number of carbonyl (C=O) groups excluding carboxylic acids is 1. The number of rotatable bonds is 4. The van der Waals surface area contributed by atoms with Crippen LogP contribution >= 0.6 is 11.6 Å². The lowest BCUT2D eigenvalue weighted by Gasteiger charge is -2.12. The molecule has 2 aromatic rings. The van der Waals surface area contributed by atoms with Crippen LogP contribution in [0.5, 0.6) is 0 Å². The normalized spacial score (nSPS) is 11.9. The Hall–Kier alpha value is -1.91. The van der Waals surface area contributed by atoms with Crippen LogP contribution < -0.4 is 5.32 Å². The Morgan fingerprint density at radius 3 is 2.60 bits per heavy atom. The van der Waals surface area contributed by atoms with Crippen LogP contribution in [0.2, 0.25) is 5.02 Å². The predicted molar refractivity (Wildman–Crippen MR) is 75.1 cm³/mol. The van der Waals surface area contributed by atoms with Crippen molar-refractivity contribution in [1.82, 2.24) is 5.32 Å². The summed E-state index contributed by atoms with van der Waals surface area (Å²) >= 11 is 5.61. The Morgan fingerprint density at radius 1 is 1.25 bits per heavy atom. The molecule has 0 heterocycles. The predicted octanol–water partition coefficient (Wildman–Crippen LogP) is 2.94. The van der Waals surface area contributed by atoms with E-state index in [1.807, 2.05) is 6.07 Å². The summed E-state index contributed by atoms with van der Waals surface area (Å²) in [4.78, 5) is 11.8. The van der Waals surface area contributed by atoms with Gasteiger partial charge in [0, 0.05) is 12.1 Å². The zero-order chi connectivity index (χ0) is 14.5. The first-order chi connectivity index (χ1) is 9.58. The Kier molecular flexibility index (Phi) is 4.71. The van der Waals surface area contributed by atoms with E-state index in [0.717, 1.165) is 6.07 Å². The van der Waals surface area contributed by atoms with E-state index in [1.165, 1.54) is 12.1 Å². The highest BCUT2D eigenvalue weighted by atomic mass is 35.5. The number of hydrogen-bond acceptors (Lipinski definition) is 2. The second kappa shape index (κ2) is 6.50. The molecule has 2 aromatic carbocycles. The van der Waals surface area contributed by atoms with E-state index in [2.05, 4.69) is 5.32 Å². The third kappa shape index (κ3) is 3.56. The van der Waals surface area contributed by atoms with E-state index in [0.29, 0.717) is 5.56 Å². The third-order valence-electron chi connectivity index (χ3n) is 2.82. The van der Waals surface area contributed by atoms with Crippen molar-refractivity contribution >= 4 is 17.5 Å². The summed E-state index contributed by atoms with van der Waals surface area (Å²) in [6.45, 7) is 0.0673. The minimum absolute atomic E-state index is 0.0673. The van der Waals surface area contributed by atoms with Gasteiger partial charge in [-0.1, -0.05) is 41.9 Å². The summed E-state index contributed by atoms with van der Waals surface area (Å²) in [5, 5.41) is 12.4. The molecule has 3 nitrogen and oxygen atoms in total. The van der Waals surface area contributed by atoms with Crippen LogP contribution in [-0.2, 0) is 0 Å². The van der Waals surface area contributed by atoms with E-state index in [1.54, 1.807) is 24.3 Å². The van der Waals surface area contributed by atoms with E-state index in [4.69, 9.17) is 11.6 Å². The van der Waals surface area contributed by atoms with Crippen LogP contribution in [0.25, 0.3) is 0 Å². The molecule has 5 heteroatoms. The van der Waals surface area contributed by atoms with Gasteiger partial charge in [0.05, 0.1) is 11.1 Å². The Balaban J connectivity index is 1.97. The van der Waals surface area contributed by atoms with Crippen molar-refractivity contribution in [3.05, 3.63) is 70.5 Å². The molecule has 0 aliphatic carbocycles. The molecule has 0 fully saturated rings. The quantitative estimate of drug-likeness (QED) is 0.910. The van der Waals surface area contributed by atoms with Gasteiger partial charge < -0.3 is 10.4 Å². The number of aliphatic hydroxyl groups is 1. The van der Waals surface area contributed by atoms with Crippen molar-refractivity contribution in [2.45, 2.75) is 6.10 Å². The molecule has 1 atom stereocenters. The fourth-order valence-electron chi connectivity index (χ4n) is 1.72. The summed E-state index contributed by atoms with van der Waals surface area (Å²) in [5.41, 5.74) is 0.960. The molecule has 104 valence electrons. The van der Waals surface area contributed by atoms with Gasteiger partial charge in [-0.25, -0.2) is 4.39 Å². The molecule has 20 heavy (non-hydrogen) atoms. The fraction of sp³-hybridized carbons (Fsp3) is 0.133. The van der Waals surface area contributed by atoms with E-state index in [-0.39, 0.29) is 17.1 Å². The molecule has 0 bridgehead atoms. The highest BCUT2D eigenvalue weighted by Gasteiger charge is 2.11. The average Bonchev–Trinajstić information content (AvgIpc) is 2.48. The minimum atomic E-state index is -0.795. The SMILES string of the molecule is O=C(NCC(O)c1ccccc1)c1ccc(F)c(Cl)c1. The van der Waals surface area contributed by atoms with Crippen LogP contribution in [0.3, 0.4) is 0 Å². The molecule has 0 spiro atoms. The standard InChI is InChI=1S/C15H13ClFNO2/c16-12-8-11(6-7-13(12)17)15(20)18-9-14(19)10-4-2-1-3-5-10/h1-8,14,19H,9H2,(H,18,20). The zero-order valence-electron chi connectivity index (χ0n) is 10.5. The van der Waals surface area contributed by atoms with Crippen molar-refractivity contribution in [1.29, 1.82) is 0 Å². The van der Waals surface area contributed by atoms with Crippen molar-refractivity contribution in [2.24, 2.45) is 0 Å². The fourth-order valence-corrected chi connectivity index (χ4v) is 1.90. The second-order valence-electron chi connectivity index (χ2n) is 4.27. The van der Waals surface area contributed by atoms with Crippen LogP contribution in [0.1, 0.15) is 22.0 Å². The first-order valence-electron chi connectivity index (χ1n) is 6.04. The first-order valence-corrected chi connectivity index (χ1v) is 6.42. The van der Waals surface area contributed by atoms with Gasteiger partial charge in [0.25, 0.3) is 5.91 Å². The molecule has 0 aliphatic rings. The zero-order valence-corrected chi connectivity index (χ0v) is 11.3. The van der Waals surface area contributed by atoms with E-state index >= 15 is 0 Å². The minimum Gasteiger partial charge on any atom is -0.387 e. The lowest BCUT2D eigenvalue weighted by molar-refractivity contribution is 0.0916. The van der Waals surface area contributed by atoms with Gasteiger partial charge in [0.2, 0.25) is 0 Å².